The number of hydrogen-bond donors (Lipinski definition) is 0. The highest BCUT2D eigenvalue weighted by Crippen LogP contribution is 2.27. The Balaban J connectivity index is 2.74. The zero-order valence-electron chi connectivity index (χ0n) is 13.4. The number of halogens is 1. The van der Waals surface area contributed by atoms with Gasteiger partial charge in [-0.15, -0.1) is 0 Å². The molecule has 0 N–H and O–H groups in total. The highest BCUT2D eigenvalue weighted by Gasteiger charge is 2.23. The van der Waals surface area contributed by atoms with E-state index in [2.05, 4.69) is 40.7 Å². The Kier molecular flexibility index (Phi) is 7.46. The highest BCUT2D eigenvalue weighted by molar-refractivity contribution is 9.10. The summed E-state index contributed by atoms with van der Waals surface area (Å²) >= 11 is 3.53. The van der Waals surface area contributed by atoms with Crippen molar-refractivity contribution in [1.29, 1.82) is 0 Å². The van der Waals surface area contributed by atoms with Crippen LogP contribution in [0.3, 0.4) is 0 Å². The molecule has 0 bridgehead atoms. The minimum atomic E-state index is -1.66. The first-order chi connectivity index (χ1) is 9.88. The Morgan fingerprint density at radius 1 is 1.33 bits per heavy atom. The summed E-state index contributed by atoms with van der Waals surface area (Å²) < 4.78 is 11.9. The van der Waals surface area contributed by atoms with Crippen LogP contribution in [0.4, 0.5) is 0 Å². The first-order valence-electron chi connectivity index (χ1n) is 7.42. The molecule has 5 heteroatoms. The Bertz CT molecular complexity index is 475. The lowest BCUT2D eigenvalue weighted by atomic mass is 10.1. The van der Waals surface area contributed by atoms with Crippen LogP contribution in [0.15, 0.2) is 22.7 Å². The lowest BCUT2D eigenvalue weighted by Crippen LogP contribution is -2.33. The SMILES string of the molecule is CCCC[Si](C)(C)Oc1ccc(Br)c(CCC(=O)OC)c1. The van der Waals surface area contributed by atoms with Crippen LogP contribution in [-0.2, 0) is 16.0 Å². The standard InChI is InChI=1S/C16H25BrO3Si/c1-5-6-11-21(3,4)20-14-8-9-15(17)13(12-14)7-10-16(18)19-2/h8-9,12H,5-7,10-11H2,1-4H3. The summed E-state index contributed by atoms with van der Waals surface area (Å²) in [6.45, 7) is 6.70. The molecular formula is C16H25BrO3Si. The van der Waals surface area contributed by atoms with Gasteiger partial charge in [-0.3, -0.25) is 4.79 Å². The van der Waals surface area contributed by atoms with Gasteiger partial charge >= 0.3 is 5.97 Å². The minimum Gasteiger partial charge on any atom is -0.544 e. The second-order valence-corrected chi connectivity index (χ2v) is 10.9. The van der Waals surface area contributed by atoms with E-state index < -0.39 is 8.32 Å². The van der Waals surface area contributed by atoms with E-state index in [1.807, 2.05) is 18.2 Å². The van der Waals surface area contributed by atoms with Gasteiger partial charge in [0.05, 0.1) is 7.11 Å². The number of ether oxygens (including phenoxy) is 1. The molecule has 0 heterocycles. The molecule has 0 amide bonds. The quantitative estimate of drug-likeness (QED) is 0.478. The van der Waals surface area contributed by atoms with Gasteiger partial charge in [-0.25, -0.2) is 0 Å². The molecule has 0 aliphatic carbocycles. The number of rotatable bonds is 8. The fourth-order valence-electron chi connectivity index (χ4n) is 2.12. The number of carbonyl (C=O) groups excluding carboxylic acids is 1. The van der Waals surface area contributed by atoms with Crippen molar-refractivity contribution >= 4 is 30.2 Å². The number of unbranched alkanes of at least 4 members (excludes halogenated alkanes) is 1. The number of carbonyl (C=O) groups is 1. The van der Waals surface area contributed by atoms with Crippen molar-refractivity contribution < 1.29 is 14.0 Å². The topological polar surface area (TPSA) is 35.5 Å². The van der Waals surface area contributed by atoms with E-state index in [1.54, 1.807) is 0 Å². The lowest BCUT2D eigenvalue weighted by Gasteiger charge is -2.24. The maximum atomic E-state index is 11.3. The van der Waals surface area contributed by atoms with Crippen LogP contribution >= 0.6 is 15.9 Å². The third kappa shape index (κ3) is 6.65. The first kappa shape index (κ1) is 18.2. The summed E-state index contributed by atoms with van der Waals surface area (Å²) in [4.78, 5) is 11.3. The molecule has 118 valence electrons. The molecule has 0 radical (unpaired) electrons. The third-order valence-corrected chi connectivity index (χ3v) is 6.49. The monoisotopic (exact) mass is 372 g/mol. The largest absolute Gasteiger partial charge is 0.544 e. The van der Waals surface area contributed by atoms with Gasteiger partial charge in [-0.1, -0.05) is 35.7 Å². The van der Waals surface area contributed by atoms with Crippen LogP contribution < -0.4 is 4.43 Å². The summed E-state index contributed by atoms with van der Waals surface area (Å²) in [7, 11) is -0.249. The van der Waals surface area contributed by atoms with Crippen LogP contribution in [0, 0.1) is 0 Å². The van der Waals surface area contributed by atoms with Crippen LogP contribution in [0.25, 0.3) is 0 Å². The van der Waals surface area contributed by atoms with E-state index in [1.165, 1.54) is 20.0 Å². The third-order valence-electron chi connectivity index (χ3n) is 3.37. The number of benzene rings is 1. The average molecular weight is 373 g/mol. The van der Waals surface area contributed by atoms with Crippen LogP contribution in [0.1, 0.15) is 31.7 Å². The Labute approximate surface area is 137 Å². The predicted molar refractivity (Wildman–Crippen MR) is 92.3 cm³/mol. The Morgan fingerprint density at radius 3 is 2.67 bits per heavy atom. The molecular weight excluding hydrogens is 348 g/mol. The molecule has 0 aliphatic heterocycles. The van der Waals surface area contributed by atoms with Crippen molar-refractivity contribution in [2.75, 3.05) is 7.11 Å². The fraction of sp³-hybridized carbons (Fsp3) is 0.562. The number of aryl methyl sites for hydroxylation is 1. The molecule has 0 atom stereocenters. The van der Waals surface area contributed by atoms with E-state index in [9.17, 15) is 4.79 Å². The molecule has 0 spiro atoms. The van der Waals surface area contributed by atoms with Crippen molar-refractivity contribution in [3.8, 4) is 5.75 Å². The van der Waals surface area contributed by atoms with Gasteiger partial charge in [-0.2, -0.15) is 0 Å². The molecule has 1 aromatic carbocycles. The van der Waals surface area contributed by atoms with E-state index in [0.29, 0.717) is 12.8 Å². The van der Waals surface area contributed by atoms with Gasteiger partial charge in [-0.05, 0) is 49.3 Å². The molecule has 0 unspecified atom stereocenters. The van der Waals surface area contributed by atoms with Gasteiger partial charge in [0.2, 0.25) is 8.32 Å². The predicted octanol–water partition coefficient (Wildman–Crippen LogP) is 4.94. The van der Waals surface area contributed by atoms with Crippen LogP contribution in [0.5, 0.6) is 5.75 Å². The number of hydrogen-bond acceptors (Lipinski definition) is 3. The summed E-state index contributed by atoms with van der Waals surface area (Å²) in [6.07, 6.45) is 3.45. The van der Waals surface area contributed by atoms with Gasteiger partial charge in [0.15, 0.2) is 0 Å². The molecule has 0 aliphatic rings. The van der Waals surface area contributed by atoms with E-state index >= 15 is 0 Å². The van der Waals surface area contributed by atoms with Gasteiger partial charge < -0.3 is 9.16 Å². The Morgan fingerprint density at radius 2 is 2.05 bits per heavy atom. The molecule has 3 nitrogen and oxygen atoms in total. The second kappa shape index (κ2) is 8.59. The summed E-state index contributed by atoms with van der Waals surface area (Å²) in [5.41, 5.74) is 1.08. The van der Waals surface area contributed by atoms with Gasteiger partial charge in [0.1, 0.15) is 5.75 Å². The molecule has 21 heavy (non-hydrogen) atoms. The van der Waals surface area contributed by atoms with Crippen molar-refractivity contribution in [1.82, 2.24) is 0 Å². The van der Waals surface area contributed by atoms with Crippen molar-refractivity contribution in [2.24, 2.45) is 0 Å². The molecule has 0 fully saturated rings. The Hall–Kier alpha value is -0.813. The van der Waals surface area contributed by atoms with Gasteiger partial charge in [0.25, 0.3) is 0 Å². The molecule has 0 aromatic heterocycles. The van der Waals surface area contributed by atoms with Crippen molar-refractivity contribution in [3.63, 3.8) is 0 Å². The molecule has 1 aromatic rings. The van der Waals surface area contributed by atoms with Gasteiger partial charge in [0, 0.05) is 10.9 Å². The highest BCUT2D eigenvalue weighted by atomic mass is 79.9. The lowest BCUT2D eigenvalue weighted by molar-refractivity contribution is -0.140. The van der Waals surface area contributed by atoms with Crippen LogP contribution in [0.2, 0.25) is 19.1 Å². The van der Waals surface area contributed by atoms with E-state index in [0.717, 1.165) is 21.8 Å². The molecule has 1 rings (SSSR count). The molecule has 0 saturated heterocycles. The maximum absolute atomic E-state index is 11.3. The average Bonchev–Trinajstić information content (AvgIpc) is 2.45. The zero-order chi connectivity index (χ0) is 15.9. The van der Waals surface area contributed by atoms with E-state index in [-0.39, 0.29) is 5.97 Å². The first-order valence-corrected chi connectivity index (χ1v) is 11.3. The maximum Gasteiger partial charge on any atom is 0.305 e. The normalized spacial score (nSPS) is 11.3. The van der Waals surface area contributed by atoms with Crippen molar-refractivity contribution in [3.05, 3.63) is 28.2 Å². The summed E-state index contributed by atoms with van der Waals surface area (Å²) in [5, 5.41) is 0. The van der Waals surface area contributed by atoms with E-state index in [4.69, 9.17) is 4.43 Å². The summed E-state index contributed by atoms with van der Waals surface area (Å²) in [6, 6.07) is 7.18. The number of methoxy groups -OCH3 is 1. The summed E-state index contributed by atoms with van der Waals surface area (Å²) in [5.74, 6) is 0.719. The fourth-order valence-corrected chi connectivity index (χ4v) is 4.63. The number of esters is 1. The zero-order valence-corrected chi connectivity index (χ0v) is 16.0. The second-order valence-electron chi connectivity index (χ2n) is 5.79. The minimum absolute atomic E-state index is 0.189. The van der Waals surface area contributed by atoms with Crippen LogP contribution in [-0.4, -0.2) is 21.4 Å². The smallest absolute Gasteiger partial charge is 0.305 e. The molecule has 0 saturated carbocycles. The van der Waals surface area contributed by atoms with Crippen molar-refractivity contribution in [2.45, 2.75) is 51.7 Å².